The van der Waals surface area contributed by atoms with Gasteiger partial charge in [0.2, 0.25) is 0 Å². The number of anilines is 1. The molecular formula is C13H11ClN2O2. The maximum Gasteiger partial charge on any atom is 0.271 e. The van der Waals surface area contributed by atoms with E-state index in [-0.39, 0.29) is 5.69 Å². The van der Waals surface area contributed by atoms with Crippen molar-refractivity contribution < 1.29 is 4.92 Å². The quantitative estimate of drug-likeness (QED) is 0.672. The molecule has 0 aliphatic heterocycles. The van der Waals surface area contributed by atoms with Crippen LogP contribution >= 0.6 is 11.6 Å². The monoisotopic (exact) mass is 262 g/mol. The highest BCUT2D eigenvalue weighted by atomic mass is 35.5. The number of halogens is 1. The van der Waals surface area contributed by atoms with Gasteiger partial charge in [-0.2, -0.15) is 0 Å². The summed E-state index contributed by atoms with van der Waals surface area (Å²) >= 11 is 5.88. The second-order valence-corrected chi connectivity index (χ2v) is 4.23. The molecule has 0 amide bonds. The Labute approximate surface area is 109 Å². The molecule has 0 spiro atoms. The van der Waals surface area contributed by atoms with E-state index in [1.807, 2.05) is 18.2 Å². The molecule has 0 bridgehead atoms. The number of nitro benzene ring substituents is 1. The van der Waals surface area contributed by atoms with Crippen molar-refractivity contribution in [2.24, 2.45) is 0 Å². The Morgan fingerprint density at radius 3 is 2.67 bits per heavy atom. The lowest BCUT2D eigenvalue weighted by Gasteiger charge is -2.06. The molecule has 0 saturated heterocycles. The van der Waals surface area contributed by atoms with E-state index < -0.39 is 4.92 Å². The molecule has 0 aliphatic carbocycles. The molecular weight excluding hydrogens is 252 g/mol. The van der Waals surface area contributed by atoms with Gasteiger partial charge in [0.05, 0.1) is 4.92 Å². The Kier molecular flexibility index (Phi) is 3.79. The molecule has 2 aromatic carbocycles. The predicted octanol–water partition coefficient (Wildman–Crippen LogP) is 3.86. The minimum atomic E-state index is -0.412. The third-order valence-electron chi connectivity index (χ3n) is 2.44. The number of nitro groups is 1. The van der Waals surface area contributed by atoms with Crippen molar-refractivity contribution in [1.29, 1.82) is 0 Å². The molecule has 4 nitrogen and oxygen atoms in total. The van der Waals surface area contributed by atoms with Crippen LogP contribution in [0.25, 0.3) is 0 Å². The molecule has 92 valence electrons. The smallest absolute Gasteiger partial charge is 0.271 e. The van der Waals surface area contributed by atoms with Gasteiger partial charge in [0.25, 0.3) is 5.69 Å². The summed E-state index contributed by atoms with van der Waals surface area (Å²) in [7, 11) is 0. The molecule has 0 fully saturated rings. The van der Waals surface area contributed by atoms with Crippen molar-refractivity contribution in [1.82, 2.24) is 0 Å². The Morgan fingerprint density at radius 2 is 1.94 bits per heavy atom. The van der Waals surface area contributed by atoms with Crippen LogP contribution in [0.15, 0.2) is 48.5 Å². The first-order valence-electron chi connectivity index (χ1n) is 5.38. The third kappa shape index (κ3) is 3.21. The first-order chi connectivity index (χ1) is 8.65. The fourth-order valence-corrected chi connectivity index (χ4v) is 1.79. The first kappa shape index (κ1) is 12.4. The molecule has 18 heavy (non-hydrogen) atoms. The Bertz CT molecular complexity index is 572. The average Bonchev–Trinajstić information content (AvgIpc) is 2.37. The third-order valence-corrected chi connectivity index (χ3v) is 2.68. The molecule has 0 saturated carbocycles. The largest absolute Gasteiger partial charge is 0.381 e. The molecule has 0 unspecified atom stereocenters. The summed E-state index contributed by atoms with van der Waals surface area (Å²) in [6, 6.07) is 13.9. The predicted molar refractivity (Wildman–Crippen MR) is 71.9 cm³/mol. The van der Waals surface area contributed by atoms with Crippen molar-refractivity contribution in [2.45, 2.75) is 6.54 Å². The minimum Gasteiger partial charge on any atom is -0.381 e. The highest BCUT2D eigenvalue weighted by Gasteiger charge is 2.05. The second-order valence-electron chi connectivity index (χ2n) is 3.79. The Balaban J connectivity index is 2.06. The summed E-state index contributed by atoms with van der Waals surface area (Å²) in [4.78, 5) is 10.2. The summed E-state index contributed by atoms with van der Waals surface area (Å²) in [5.41, 5.74) is 1.81. The van der Waals surface area contributed by atoms with E-state index in [0.717, 1.165) is 5.56 Å². The van der Waals surface area contributed by atoms with Gasteiger partial charge in [-0.25, -0.2) is 0 Å². The highest BCUT2D eigenvalue weighted by Crippen LogP contribution is 2.18. The molecule has 0 heterocycles. The number of rotatable bonds is 4. The number of non-ortho nitro benzene ring substituents is 1. The van der Waals surface area contributed by atoms with Gasteiger partial charge in [0.1, 0.15) is 0 Å². The van der Waals surface area contributed by atoms with Crippen molar-refractivity contribution in [3.63, 3.8) is 0 Å². The van der Waals surface area contributed by atoms with Gasteiger partial charge in [-0.3, -0.25) is 10.1 Å². The van der Waals surface area contributed by atoms with Crippen molar-refractivity contribution in [3.05, 3.63) is 69.2 Å². The molecule has 2 rings (SSSR count). The maximum absolute atomic E-state index is 10.6. The lowest BCUT2D eigenvalue weighted by atomic mass is 10.2. The van der Waals surface area contributed by atoms with Crippen LogP contribution in [0.5, 0.6) is 0 Å². The SMILES string of the molecule is O=[N+]([O-])c1cccc(NCc2cccc(Cl)c2)c1. The zero-order chi connectivity index (χ0) is 13.0. The number of nitrogens with one attached hydrogen (secondary N) is 1. The summed E-state index contributed by atoms with van der Waals surface area (Å²) in [6.07, 6.45) is 0. The van der Waals surface area contributed by atoms with Crippen LogP contribution in [0.4, 0.5) is 11.4 Å². The van der Waals surface area contributed by atoms with Crippen molar-refractivity contribution in [2.75, 3.05) is 5.32 Å². The fourth-order valence-electron chi connectivity index (χ4n) is 1.58. The zero-order valence-corrected chi connectivity index (χ0v) is 10.2. The van der Waals surface area contributed by atoms with E-state index in [2.05, 4.69) is 5.32 Å². The summed E-state index contributed by atoms with van der Waals surface area (Å²) in [5.74, 6) is 0. The summed E-state index contributed by atoms with van der Waals surface area (Å²) in [5, 5.41) is 14.4. The van der Waals surface area contributed by atoms with Crippen LogP contribution in [0.3, 0.4) is 0 Å². The van der Waals surface area contributed by atoms with E-state index in [4.69, 9.17) is 11.6 Å². The van der Waals surface area contributed by atoms with Gasteiger partial charge < -0.3 is 5.32 Å². The Hall–Kier alpha value is -2.07. The molecule has 0 radical (unpaired) electrons. The fraction of sp³-hybridized carbons (Fsp3) is 0.0769. The number of hydrogen-bond donors (Lipinski definition) is 1. The summed E-state index contributed by atoms with van der Waals surface area (Å²) in [6.45, 7) is 0.571. The van der Waals surface area contributed by atoms with Crippen LogP contribution in [0.2, 0.25) is 5.02 Å². The summed E-state index contributed by atoms with van der Waals surface area (Å²) < 4.78 is 0. The van der Waals surface area contributed by atoms with Crippen LogP contribution < -0.4 is 5.32 Å². The first-order valence-corrected chi connectivity index (χ1v) is 5.76. The standard InChI is InChI=1S/C13H11ClN2O2/c14-11-4-1-3-10(7-11)9-15-12-5-2-6-13(8-12)16(17)18/h1-8,15H,9H2. The second kappa shape index (κ2) is 5.51. The number of nitrogens with zero attached hydrogens (tertiary/aromatic N) is 1. The topological polar surface area (TPSA) is 55.2 Å². The van der Waals surface area contributed by atoms with Gasteiger partial charge >= 0.3 is 0 Å². The van der Waals surface area contributed by atoms with E-state index >= 15 is 0 Å². The van der Waals surface area contributed by atoms with E-state index in [9.17, 15) is 10.1 Å². The minimum absolute atomic E-state index is 0.0751. The molecule has 0 atom stereocenters. The van der Waals surface area contributed by atoms with Gasteiger partial charge in [-0.05, 0) is 23.8 Å². The van der Waals surface area contributed by atoms with Crippen molar-refractivity contribution >= 4 is 23.0 Å². The highest BCUT2D eigenvalue weighted by molar-refractivity contribution is 6.30. The van der Waals surface area contributed by atoms with Crippen LogP contribution in [0, 0.1) is 10.1 Å². The lowest BCUT2D eigenvalue weighted by molar-refractivity contribution is -0.384. The lowest BCUT2D eigenvalue weighted by Crippen LogP contribution is -1.99. The normalized spacial score (nSPS) is 10.1. The Morgan fingerprint density at radius 1 is 1.17 bits per heavy atom. The average molecular weight is 263 g/mol. The molecule has 1 N–H and O–H groups in total. The molecule has 0 aliphatic rings. The van der Waals surface area contributed by atoms with Gasteiger partial charge in [0, 0.05) is 29.4 Å². The van der Waals surface area contributed by atoms with E-state index in [0.29, 0.717) is 17.3 Å². The molecule has 5 heteroatoms. The number of hydrogen-bond acceptors (Lipinski definition) is 3. The van der Waals surface area contributed by atoms with E-state index in [1.165, 1.54) is 12.1 Å². The zero-order valence-electron chi connectivity index (χ0n) is 9.47. The van der Waals surface area contributed by atoms with Gasteiger partial charge in [-0.15, -0.1) is 0 Å². The maximum atomic E-state index is 10.6. The van der Waals surface area contributed by atoms with Gasteiger partial charge in [0.15, 0.2) is 0 Å². The number of benzene rings is 2. The van der Waals surface area contributed by atoms with Crippen molar-refractivity contribution in [3.8, 4) is 0 Å². The molecule has 2 aromatic rings. The van der Waals surface area contributed by atoms with Crippen LogP contribution in [-0.2, 0) is 6.54 Å². The molecule has 0 aromatic heterocycles. The van der Waals surface area contributed by atoms with Crippen LogP contribution in [-0.4, -0.2) is 4.92 Å². The van der Waals surface area contributed by atoms with Gasteiger partial charge in [-0.1, -0.05) is 29.8 Å². The van der Waals surface area contributed by atoms with Crippen LogP contribution in [0.1, 0.15) is 5.56 Å². The van der Waals surface area contributed by atoms with E-state index in [1.54, 1.807) is 18.2 Å².